The maximum absolute atomic E-state index is 2.79. The Morgan fingerprint density at radius 3 is 1.70 bits per heavy atom. The van der Waals surface area contributed by atoms with Crippen LogP contribution in [-0.4, -0.2) is 0 Å². The lowest BCUT2D eigenvalue weighted by molar-refractivity contribution is 0.465. The molecule has 0 amide bonds. The lowest BCUT2D eigenvalue weighted by Gasteiger charge is -2.26. The fourth-order valence-electron chi connectivity index (χ4n) is 6.07. The van der Waals surface area contributed by atoms with Crippen LogP contribution in [0, 0.1) is 12.3 Å². The molecule has 0 saturated carbocycles. The molecule has 0 N–H and O–H groups in total. The van der Waals surface area contributed by atoms with E-state index in [-0.39, 0.29) is 0 Å². The number of unbranched alkanes of at least 4 members (excludes halogenated alkanes) is 3. The predicted octanol–water partition coefficient (Wildman–Crippen LogP) is 11.4. The van der Waals surface area contributed by atoms with Crippen LogP contribution < -0.4 is 0 Å². The maximum atomic E-state index is 2.79. The quantitative estimate of drug-likeness (QED) is 0.158. The van der Waals surface area contributed by atoms with Gasteiger partial charge in [0.05, 0.1) is 0 Å². The Bertz CT molecular complexity index is 860. The Morgan fingerprint density at radius 2 is 1.11 bits per heavy atom. The van der Waals surface area contributed by atoms with Gasteiger partial charge in [0.2, 0.25) is 0 Å². The average molecular weight is 504 g/mol. The molecule has 2 atom stereocenters. The van der Waals surface area contributed by atoms with Gasteiger partial charge in [-0.05, 0) is 96.6 Å². The Hall–Kier alpha value is -1.56. The minimum absolute atomic E-state index is 0.576. The van der Waals surface area contributed by atoms with Crippen LogP contribution in [0.2, 0.25) is 0 Å². The van der Waals surface area contributed by atoms with Gasteiger partial charge in [-0.25, -0.2) is 0 Å². The number of aryl methyl sites for hydroxylation is 4. The van der Waals surface area contributed by atoms with Crippen molar-refractivity contribution in [3.63, 3.8) is 0 Å². The molecule has 0 nitrogen and oxygen atoms in total. The van der Waals surface area contributed by atoms with E-state index in [1.54, 1.807) is 33.4 Å². The molecular weight excluding hydrogens is 444 g/mol. The van der Waals surface area contributed by atoms with Gasteiger partial charge in [-0.3, -0.25) is 0 Å². The summed E-state index contributed by atoms with van der Waals surface area (Å²) in [6, 6.07) is 15.0. The van der Waals surface area contributed by atoms with Crippen molar-refractivity contribution in [2.75, 3.05) is 0 Å². The first-order chi connectivity index (χ1) is 18.1. The number of hydrogen-bond donors (Lipinski definition) is 0. The van der Waals surface area contributed by atoms with Gasteiger partial charge >= 0.3 is 0 Å². The molecule has 0 aliphatic carbocycles. The van der Waals surface area contributed by atoms with Crippen molar-refractivity contribution < 1.29 is 0 Å². The van der Waals surface area contributed by atoms with E-state index >= 15 is 0 Å². The Morgan fingerprint density at radius 1 is 0.541 bits per heavy atom. The van der Waals surface area contributed by atoms with Crippen molar-refractivity contribution in [2.45, 2.75) is 150 Å². The van der Waals surface area contributed by atoms with Crippen LogP contribution in [0.1, 0.15) is 151 Å². The molecule has 0 fully saturated rings. The standard InChI is InChI=1S/C37H59/c1-7-13-15-20-30(26-31-22-23-32(16-9-3)34(28-31)18-11-5)27-36(21-14-8-2)37-25-24-33(17-10-4)35(29-37)19-12-6/h22-25,27-30,36H,7-21,26H2,1-6H3. The predicted molar refractivity (Wildman–Crippen MR) is 167 cm³/mol. The third kappa shape index (κ3) is 11.0. The van der Waals surface area contributed by atoms with E-state index in [2.05, 4.69) is 84.4 Å². The van der Waals surface area contributed by atoms with Crippen LogP contribution >= 0.6 is 0 Å². The molecule has 0 saturated heterocycles. The van der Waals surface area contributed by atoms with E-state index in [0.717, 1.165) is 0 Å². The molecule has 0 aliphatic rings. The van der Waals surface area contributed by atoms with Gasteiger partial charge in [0.25, 0.3) is 0 Å². The Labute approximate surface area is 232 Å². The van der Waals surface area contributed by atoms with Gasteiger partial charge in [-0.1, -0.05) is 136 Å². The fraction of sp³-hybridized carbons (Fsp3) is 0.649. The van der Waals surface area contributed by atoms with E-state index in [1.807, 2.05) is 0 Å². The summed E-state index contributed by atoms with van der Waals surface area (Å²) in [5.74, 6) is 1.23. The fourth-order valence-corrected chi connectivity index (χ4v) is 6.07. The molecule has 2 rings (SSSR count). The highest BCUT2D eigenvalue weighted by Crippen LogP contribution is 2.34. The van der Waals surface area contributed by atoms with Gasteiger partial charge in [-0.15, -0.1) is 0 Å². The molecule has 37 heavy (non-hydrogen) atoms. The Kier molecular flexibility index (Phi) is 16.0. The molecule has 2 unspecified atom stereocenters. The second kappa shape index (κ2) is 18.7. The molecule has 1 radical (unpaired) electrons. The summed E-state index contributed by atoms with van der Waals surface area (Å²) in [6.07, 6.45) is 23.0. The molecular formula is C37H59. The molecule has 0 heterocycles. The van der Waals surface area contributed by atoms with Crippen LogP contribution in [0.25, 0.3) is 0 Å². The zero-order chi connectivity index (χ0) is 26.9. The highest BCUT2D eigenvalue weighted by Gasteiger charge is 2.20. The lowest BCUT2D eigenvalue weighted by atomic mass is 9.79. The minimum atomic E-state index is 0.576. The summed E-state index contributed by atoms with van der Waals surface area (Å²) < 4.78 is 0. The number of benzene rings is 2. The third-order valence-electron chi connectivity index (χ3n) is 8.06. The number of hydrogen-bond acceptors (Lipinski definition) is 0. The molecule has 2 aromatic rings. The molecule has 0 aromatic heterocycles. The van der Waals surface area contributed by atoms with Crippen molar-refractivity contribution in [3.8, 4) is 0 Å². The maximum Gasteiger partial charge on any atom is -0.0128 e. The van der Waals surface area contributed by atoms with Crippen LogP contribution in [0.3, 0.4) is 0 Å². The molecule has 0 aliphatic heterocycles. The molecule has 0 heteroatoms. The van der Waals surface area contributed by atoms with Crippen molar-refractivity contribution >= 4 is 0 Å². The van der Waals surface area contributed by atoms with Crippen molar-refractivity contribution in [3.05, 3.63) is 76.2 Å². The smallest absolute Gasteiger partial charge is 0.0128 e. The highest BCUT2D eigenvalue weighted by atomic mass is 14.3. The normalized spacial score (nSPS) is 13.1. The second-order valence-electron chi connectivity index (χ2n) is 11.5. The van der Waals surface area contributed by atoms with Crippen LogP contribution in [0.5, 0.6) is 0 Å². The minimum Gasteiger partial charge on any atom is -0.0654 e. The molecule has 2 aromatic carbocycles. The zero-order valence-electron chi connectivity index (χ0n) is 25.5. The summed E-state index contributed by atoms with van der Waals surface area (Å²) in [7, 11) is 0. The summed E-state index contributed by atoms with van der Waals surface area (Å²) in [4.78, 5) is 0. The van der Waals surface area contributed by atoms with E-state index in [1.165, 1.54) is 103 Å². The van der Waals surface area contributed by atoms with E-state index in [4.69, 9.17) is 0 Å². The first kappa shape index (κ1) is 31.7. The third-order valence-corrected chi connectivity index (χ3v) is 8.06. The number of rotatable bonds is 20. The van der Waals surface area contributed by atoms with E-state index < -0.39 is 0 Å². The average Bonchev–Trinajstić information content (AvgIpc) is 2.89. The van der Waals surface area contributed by atoms with Gasteiger partial charge in [0.1, 0.15) is 0 Å². The van der Waals surface area contributed by atoms with Gasteiger partial charge in [0, 0.05) is 0 Å². The van der Waals surface area contributed by atoms with Crippen molar-refractivity contribution in [1.29, 1.82) is 0 Å². The summed E-state index contributed by atoms with van der Waals surface area (Å²) in [5, 5.41) is 0. The second-order valence-corrected chi connectivity index (χ2v) is 11.5. The molecule has 0 spiro atoms. The van der Waals surface area contributed by atoms with Crippen LogP contribution in [-0.2, 0) is 32.1 Å². The van der Waals surface area contributed by atoms with E-state index in [9.17, 15) is 0 Å². The van der Waals surface area contributed by atoms with Gasteiger partial charge in [-0.2, -0.15) is 0 Å². The van der Waals surface area contributed by atoms with Gasteiger partial charge in [0.15, 0.2) is 0 Å². The summed E-state index contributed by atoms with van der Waals surface area (Å²) in [6.45, 7) is 13.9. The summed E-state index contributed by atoms with van der Waals surface area (Å²) in [5.41, 5.74) is 9.50. The topological polar surface area (TPSA) is 0 Å². The Balaban J connectivity index is 2.32. The molecule has 207 valence electrons. The highest BCUT2D eigenvalue weighted by molar-refractivity contribution is 5.36. The largest absolute Gasteiger partial charge is 0.0654 e. The molecule has 0 bridgehead atoms. The monoisotopic (exact) mass is 503 g/mol. The van der Waals surface area contributed by atoms with Crippen LogP contribution in [0.15, 0.2) is 36.4 Å². The first-order valence-corrected chi connectivity index (χ1v) is 16.2. The summed E-state index contributed by atoms with van der Waals surface area (Å²) >= 11 is 0. The van der Waals surface area contributed by atoms with Crippen molar-refractivity contribution in [2.24, 2.45) is 5.92 Å². The van der Waals surface area contributed by atoms with E-state index in [0.29, 0.717) is 11.8 Å². The van der Waals surface area contributed by atoms with Crippen molar-refractivity contribution in [1.82, 2.24) is 0 Å². The lowest BCUT2D eigenvalue weighted by Crippen LogP contribution is -2.13. The SMILES string of the molecule is CCCCCC([CH]C(CCCC)c1ccc(CCC)c(CCC)c1)Cc1ccc(CCC)c(CCC)c1. The van der Waals surface area contributed by atoms with Crippen LogP contribution in [0.4, 0.5) is 0 Å². The first-order valence-electron chi connectivity index (χ1n) is 16.2. The van der Waals surface area contributed by atoms with Gasteiger partial charge < -0.3 is 0 Å². The zero-order valence-corrected chi connectivity index (χ0v) is 25.5.